The Hall–Kier alpha value is -3.61. The third-order valence-electron chi connectivity index (χ3n) is 3.54. The fraction of sp³-hybridized carbons (Fsp3) is 0.0952. The lowest BCUT2D eigenvalue weighted by Gasteiger charge is -2.10. The zero-order valence-electron chi connectivity index (χ0n) is 14.7. The molecule has 0 fully saturated rings. The van der Waals surface area contributed by atoms with Crippen LogP contribution in [0.4, 0.5) is 14.5 Å². The maximum absolute atomic E-state index is 12.1. The van der Waals surface area contributed by atoms with Gasteiger partial charge in [-0.25, -0.2) is 0 Å². The average molecular weight is 385 g/mol. The summed E-state index contributed by atoms with van der Waals surface area (Å²) < 4.78 is 39.6. The van der Waals surface area contributed by atoms with Crippen molar-refractivity contribution in [2.24, 2.45) is 0 Å². The molecule has 0 heterocycles. The number of hydrogen-bond acceptors (Lipinski definition) is 4. The minimum absolute atomic E-state index is 0.0158. The van der Waals surface area contributed by atoms with Crippen molar-refractivity contribution in [3.63, 3.8) is 0 Å². The number of nitrogens with one attached hydrogen (secondary N) is 1. The monoisotopic (exact) mass is 385 g/mol. The van der Waals surface area contributed by atoms with Crippen molar-refractivity contribution in [3.8, 4) is 23.0 Å². The van der Waals surface area contributed by atoms with E-state index < -0.39 is 6.61 Å². The molecule has 7 heteroatoms. The van der Waals surface area contributed by atoms with Gasteiger partial charge in [-0.15, -0.1) is 0 Å². The summed E-state index contributed by atoms with van der Waals surface area (Å²) >= 11 is 0. The SMILES string of the molecule is O=C(COc1ccc(Oc2ccccc2)cc1)Nc1ccc(OC(F)F)cc1. The van der Waals surface area contributed by atoms with Crippen molar-refractivity contribution >= 4 is 11.6 Å². The first-order chi connectivity index (χ1) is 13.6. The third kappa shape index (κ3) is 5.98. The Morgan fingerprint density at radius 1 is 0.786 bits per heavy atom. The lowest BCUT2D eigenvalue weighted by molar-refractivity contribution is -0.118. The summed E-state index contributed by atoms with van der Waals surface area (Å²) in [4.78, 5) is 11.9. The quantitative estimate of drug-likeness (QED) is 0.586. The lowest BCUT2D eigenvalue weighted by atomic mass is 10.3. The number of carbonyl (C=O) groups is 1. The molecule has 3 aromatic rings. The lowest BCUT2D eigenvalue weighted by Crippen LogP contribution is -2.20. The van der Waals surface area contributed by atoms with E-state index in [9.17, 15) is 13.6 Å². The van der Waals surface area contributed by atoms with Gasteiger partial charge in [0.05, 0.1) is 0 Å². The van der Waals surface area contributed by atoms with Crippen LogP contribution in [0.1, 0.15) is 0 Å². The van der Waals surface area contributed by atoms with E-state index in [4.69, 9.17) is 9.47 Å². The van der Waals surface area contributed by atoms with Crippen LogP contribution in [0.15, 0.2) is 78.9 Å². The average Bonchev–Trinajstić information content (AvgIpc) is 2.69. The molecule has 1 amide bonds. The van der Waals surface area contributed by atoms with E-state index in [1.807, 2.05) is 30.3 Å². The molecule has 144 valence electrons. The van der Waals surface area contributed by atoms with E-state index in [1.54, 1.807) is 24.3 Å². The summed E-state index contributed by atoms with van der Waals surface area (Å²) in [6.07, 6.45) is 0. The van der Waals surface area contributed by atoms with E-state index in [-0.39, 0.29) is 18.3 Å². The van der Waals surface area contributed by atoms with Gasteiger partial charge < -0.3 is 19.5 Å². The van der Waals surface area contributed by atoms with Gasteiger partial charge in [0, 0.05) is 5.69 Å². The van der Waals surface area contributed by atoms with Gasteiger partial charge in [0.2, 0.25) is 0 Å². The largest absolute Gasteiger partial charge is 0.484 e. The number of rotatable bonds is 8. The van der Waals surface area contributed by atoms with Gasteiger partial charge in [0.25, 0.3) is 5.91 Å². The van der Waals surface area contributed by atoms with Gasteiger partial charge in [-0.05, 0) is 60.7 Å². The summed E-state index contributed by atoms with van der Waals surface area (Å²) in [5.41, 5.74) is 0.446. The first-order valence-electron chi connectivity index (χ1n) is 8.39. The molecule has 5 nitrogen and oxygen atoms in total. The van der Waals surface area contributed by atoms with Crippen molar-refractivity contribution in [1.29, 1.82) is 0 Å². The highest BCUT2D eigenvalue weighted by Crippen LogP contribution is 2.23. The minimum Gasteiger partial charge on any atom is -0.484 e. The second-order valence-electron chi connectivity index (χ2n) is 5.63. The van der Waals surface area contributed by atoms with Gasteiger partial charge in [-0.1, -0.05) is 18.2 Å². The predicted molar refractivity (Wildman–Crippen MR) is 100 cm³/mol. The summed E-state index contributed by atoms with van der Waals surface area (Å²) in [6, 6.07) is 21.8. The van der Waals surface area contributed by atoms with Crippen molar-refractivity contribution < 1.29 is 27.8 Å². The minimum atomic E-state index is -2.89. The molecule has 0 aliphatic rings. The van der Waals surface area contributed by atoms with E-state index >= 15 is 0 Å². The standard InChI is InChI=1S/C21H17F2NO4/c22-21(23)28-19-8-6-15(7-9-19)24-20(25)14-26-16-10-12-18(13-11-16)27-17-4-2-1-3-5-17/h1-13,21H,14H2,(H,24,25). The highest BCUT2D eigenvalue weighted by Gasteiger charge is 2.07. The number of para-hydroxylation sites is 1. The molecule has 3 aromatic carbocycles. The smallest absolute Gasteiger partial charge is 0.387 e. The molecule has 0 radical (unpaired) electrons. The fourth-order valence-corrected chi connectivity index (χ4v) is 2.29. The topological polar surface area (TPSA) is 56.8 Å². The Bertz CT molecular complexity index is 885. The van der Waals surface area contributed by atoms with Crippen LogP contribution in [0.2, 0.25) is 0 Å². The Labute approximate surface area is 160 Å². The van der Waals surface area contributed by atoms with Crippen LogP contribution >= 0.6 is 0 Å². The van der Waals surface area contributed by atoms with Crippen molar-refractivity contribution in [3.05, 3.63) is 78.9 Å². The van der Waals surface area contributed by atoms with Crippen molar-refractivity contribution in [1.82, 2.24) is 0 Å². The first-order valence-corrected chi connectivity index (χ1v) is 8.39. The number of anilines is 1. The summed E-state index contributed by atoms with van der Waals surface area (Å²) in [5.74, 6) is 1.51. The summed E-state index contributed by atoms with van der Waals surface area (Å²) in [7, 11) is 0. The van der Waals surface area contributed by atoms with Crippen LogP contribution in [0.3, 0.4) is 0 Å². The number of halogens is 2. The molecular formula is C21H17F2NO4. The number of ether oxygens (including phenoxy) is 3. The van der Waals surface area contributed by atoms with Crippen LogP contribution < -0.4 is 19.5 Å². The Kier molecular flexibility index (Phi) is 6.41. The molecule has 0 saturated carbocycles. The van der Waals surface area contributed by atoms with Gasteiger partial charge in [-0.2, -0.15) is 8.78 Å². The van der Waals surface area contributed by atoms with Crippen LogP contribution in [0.25, 0.3) is 0 Å². The molecule has 0 aromatic heterocycles. The molecular weight excluding hydrogens is 368 g/mol. The van der Waals surface area contributed by atoms with E-state index in [1.165, 1.54) is 24.3 Å². The third-order valence-corrected chi connectivity index (χ3v) is 3.54. The van der Waals surface area contributed by atoms with E-state index in [2.05, 4.69) is 10.1 Å². The Balaban J connectivity index is 1.46. The fourth-order valence-electron chi connectivity index (χ4n) is 2.29. The van der Waals surface area contributed by atoms with Crippen LogP contribution in [0.5, 0.6) is 23.0 Å². The molecule has 0 atom stereocenters. The molecule has 0 spiro atoms. The maximum Gasteiger partial charge on any atom is 0.387 e. The zero-order valence-corrected chi connectivity index (χ0v) is 14.7. The zero-order chi connectivity index (χ0) is 19.8. The second-order valence-corrected chi connectivity index (χ2v) is 5.63. The maximum atomic E-state index is 12.1. The van der Waals surface area contributed by atoms with E-state index in [0.29, 0.717) is 17.2 Å². The normalized spacial score (nSPS) is 10.4. The van der Waals surface area contributed by atoms with E-state index in [0.717, 1.165) is 5.75 Å². The molecule has 0 unspecified atom stereocenters. The molecule has 0 aliphatic heterocycles. The molecule has 28 heavy (non-hydrogen) atoms. The molecule has 3 rings (SSSR count). The number of alkyl halides is 2. The van der Waals surface area contributed by atoms with Gasteiger partial charge in [0.1, 0.15) is 23.0 Å². The molecule has 0 aliphatic carbocycles. The summed E-state index contributed by atoms with van der Waals surface area (Å²) in [6.45, 7) is -3.09. The molecule has 0 bridgehead atoms. The Morgan fingerprint density at radius 2 is 1.36 bits per heavy atom. The molecule has 0 saturated heterocycles. The van der Waals surface area contributed by atoms with Crippen LogP contribution in [-0.2, 0) is 4.79 Å². The van der Waals surface area contributed by atoms with Gasteiger partial charge in [-0.3, -0.25) is 4.79 Å². The van der Waals surface area contributed by atoms with Crippen molar-refractivity contribution in [2.45, 2.75) is 6.61 Å². The summed E-state index contributed by atoms with van der Waals surface area (Å²) in [5, 5.41) is 2.61. The van der Waals surface area contributed by atoms with Gasteiger partial charge in [0.15, 0.2) is 6.61 Å². The molecule has 1 N–H and O–H groups in total. The van der Waals surface area contributed by atoms with Crippen LogP contribution in [0, 0.1) is 0 Å². The first kappa shape index (κ1) is 19.2. The number of amides is 1. The van der Waals surface area contributed by atoms with Crippen LogP contribution in [-0.4, -0.2) is 19.1 Å². The Morgan fingerprint density at radius 3 is 2.00 bits per heavy atom. The number of carbonyl (C=O) groups excluding carboxylic acids is 1. The van der Waals surface area contributed by atoms with Gasteiger partial charge >= 0.3 is 6.61 Å². The predicted octanol–water partition coefficient (Wildman–Crippen LogP) is 5.10. The van der Waals surface area contributed by atoms with Crippen molar-refractivity contribution in [2.75, 3.05) is 11.9 Å². The highest BCUT2D eigenvalue weighted by atomic mass is 19.3. The highest BCUT2D eigenvalue weighted by molar-refractivity contribution is 5.91. The number of hydrogen-bond donors (Lipinski definition) is 1. The number of benzene rings is 3. The second kappa shape index (κ2) is 9.36.